The van der Waals surface area contributed by atoms with Gasteiger partial charge in [0.1, 0.15) is 10.7 Å². The summed E-state index contributed by atoms with van der Waals surface area (Å²) in [5.41, 5.74) is -0.311. The largest absolute Gasteiger partial charge is 0.478 e. The van der Waals surface area contributed by atoms with Crippen LogP contribution in [0.5, 0.6) is 0 Å². The Labute approximate surface area is 116 Å². The van der Waals surface area contributed by atoms with Gasteiger partial charge in [-0.15, -0.1) is 0 Å². The molecule has 1 aromatic carbocycles. The molecule has 0 radical (unpaired) electrons. The fourth-order valence-electron chi connectivity index (χ4n) is 1.58. The molecule has 1 N–H and O–H groups in total. The lowest BCUT2D eigenvalue weighted by Crippen LogP contribution is -2.38. The molecule has 1 unspecified atom stereocenters. The minimum atomic E-state index is -4.05. The van der Waals surface area contributed by atoms with Crippen LogP contribution >= 0.6 is 0 Å². The van der Waals surface area contributed by atoms with E-state index in [0.717, 1.165) is 16.4 Å². The molecule has 0 bridgehead atoms. The van der Waals surface area contributed by atoms with Gasteiger partial charge in [0.2, 0.25) is 10.0 Å². The van der Waals surface area contributed by atoms with Gasteiger partial charge in [-0.2, -0.15) is 4.31 Å². The van der Waals surface area contributed by atoms with Gasteiger partial charge in [-0.05, 0) is 25.1 Å². The third-order valence-electron chi connectivity index (χ3n) is 2.86. The Kier molecular flexibility index (Phi) is 5.21. The summed E-state index contributed by atoms with van der Waals surface area (Å²) in [6.45, 7) is 1.77. The SMILES string of the molecule is COCC(C)N(C)S(=O)(=O)c1ccc(C(=O)O)cc1F. The second-order valence-electron chi connectivity index (χ2n) is 4.28. The summed E-state index contributed by atoms with van der Waals surface area (Å²) in [7, 11) is -1.31. The fraction of sp³-hybridized carbons (Fsp3) is 0.417. The Hall–Kier alpha value is -1.51. The van der Waals surface area contributed by atoms with Gasteiger partial charge in [0, 0.05) is 20.2 Å². The maximum absolute atomic E-state index is 13.8. The topological polar surface area (TPSA) is 83.9 Å². The zero-order valence-electron chi connectivity index (χ0n) is 11.3. The van der Waals surface area contributed by atoms with Crippen LogP contribution in [0.25, 0.3) is 0 Å². The summed E-state index contributed by atoms with van der Waals surface area (Å²) in [5.74, 6) is -2.42. The Balaban J connectivity index is 3.19. The molecule has 0 heterocycles. The van der Waals surface area contributed by atoms with E-state index in [1.165, 1.54) is 14.2 Å². The van der Waals surface area contributed by atoms with E-state index in [2.05, 4.69) is 0 Å². The highest BCUT2D eigenvalue weighted by Gasteiger charge is 2.28. The lowest BCUT2D eigenvalue weighted by molar-refractivity contribution is 0.0696. The normalized spacial score (nSPS) is 13.4. The minimum Gasteiger partial charge on any atom is -0.478 e. The summed E-state index contributed by atoms with van der Waals surface area (Å²) in [6, 6.07) is 2.20. The number of sulfonamides is 1. The molecular weight excluding hydrogens is 289 g/mol. The number of methoxy groups -OCH3 is 1. The molecule has 8 heteroatoms. The Morgan fingerprint density at radius 3 is 2.55 bits per heavy atom. The van der Waals surface area contributed by atoms with Gasteiger partial charge >= 0.3 is 5.97 Å². The van der Waals surface area contributed by atoms with Crippen molar-refractivity contribution in [3.63, 3.8) is 0 Å². The van der Waals surface area contributed by atoms with E-state index in [1.807, 2.05) is 0 Å². The van der Waals surface area contributed by atoms with Crippen molar-refractivity contribution in [1.82, 2.24) is 4.31 Å². The third-order valence-corrected chi connectivity index (χ3v) is 4.87. The number of nitrogens with zero attached hydrogens (tertiary/aromatic N) is 1. The van der Waals surface area contributed by atoms with Crippen LogP contribution in [0.2, 0.25) is 0 Å². The van der Waals surface area contributed by atoms with Crippen molar-refractivity contribution < 1.29 is 27.4 Å². The highest BCUT2D eigenvalue weighted by molar-refractivity contribution is 7.89. The van der Waals surface area contributed by atoms with Crippen LogP contribution in [-0.4, -0.2) is 50.6 Å². The first-order valence-corrected chi connectivity index (χ1v) is 7.15. The molecule has 0 aromatic heterocycles. The highest BCUT2D eigenvalue weighted by atomic mass is 32.2. The molecule has 20 heavy (non-hydrogen) atoms. The van der Waals surface area contributed by atoms with Gasteiger partial charge in [-0.25, -0.2) is 17.6 Å². The number of aromatic carboxylic acids is 1. The predicted octanol–water partition coefficient (Wildman–Crippen LogP) is 1.18. The molecule has 0 saturated heterocycles. The lowest BCUT2D eigenvalue weighted by atomic mass is 10.2. The standard InChI is InChI=1S/C12H16FNO5S/c1-8(7-19-3)14(2)20(17,18)11-5-4-9(12(15)16)6-10(11)13/h4-6,8H,7H2,1-3H3,(H,15,16). The van der Waals surface area contributed by atoms with Crippen LogP contribution in [0, 0.1) is 5.82 Å². The second kappa shape index (κ2) is 6.29. The zero-order valence-corrected chi connectivity index (χ0v) is 12.1. The zero-order chi connectivity index (χ0) is 15.5. The summed E-state index contributed by atoms with van der Waals surface area (Å²) in [4.78, 5) is 10.1. The maximum Gasteiger partial charge on any atom is 0.335 e. The smallest absolute Gasteiger partial charge is 0.335 e. The quantitative estimate of drug-likeness (QED) is 0.853. The van der Waals surface area contributed by atoms with Crippen LogP contribution in [0.4, 0.5) is 4.39 Å². The number of likely N-dealkylation sites (N-methyl/N-ethyl adjacent to an activating group) is 1. The minimum absolute atomic E-state index is 0.157. The molecule has 0 aliphatic heterocycles. The summed E-state index contributed by atoms with van der Waals surface area (Å²) >= 11 is 0. The van der Waals surface area contributed by atoms with Crippen molar-refractivity contribution >= 4 is 16.0 Å². The third kappa shape index (κ3) is 3.33. The lowest BCUT2D eigenvalue weighted by Gasteiger charge is -2.23. The number of carboxylic acid groups (broad SMARTS) is 1. The summed E-state index contributed by atoms with van der Waals surface area (Å²) in [5, 5.41) is 8.73. The van der Waals surface area contributed by atoms with E-state index in [1.54, 1.807) is 6.92 Å². The first-order valence-electron chi connectivity index (χ1n) is 5.71. The average molecular weight is 305 g/mol. The highest BCUT2D eigenvalue weighted by Crippen LogP contribution is 2.21. The molecule has 0 spiro atoms. The van der Waals surface area contributed by atoms with Crippen molar-refractivity contribution in [2.75, 3.05) is 20.8 Å². The number of hydrogen-bond donors (Lipinski definition) is 1. The first kappa shape index (κ1) is 16.5. The molecule has 0 aliphatic carbocycles. The molecule has 112 valence electrons. The van der Waals surface area contributed by atoms with E-state index in [0.29, 0.717) is 6.07 Å². The van der Waals surface area contributed by atoms with Crippen LogP contribution in [0.15, 0.2) is 23.1 Å². The number of rotatable bonds is 6. The van der Waals surface area contributed by atoms with E-state index in [-0.39, 0.29) is 12.2 Å². The summed E-state index contributed by atoms with van der Waals surface area (Å²) < 4.78 is 44.1. The van der Waals surface area contributed by atoms with Gasteiger partial charge in [0.15, 0.2) is 0 Å². The van der Waals surface area contributed by atoms with Crippen molar-refractivity contribution in [1.29, 1.82) is 0 Å². The number of halogens is 1. The van der Waals surface area contributed by atoms with Crippen molar-refractivity contribution in [2.45, 2.75) is 17.9 Å². The molecule has 0 aliphatic rings. The van der Waals surface area contributed by atoms with Crippen LogP contribution in [-0.2, 0) is 14.8 Å². The molecule has 0 amide bonds. The van der Waals surface area contributed by atoms with E-state index < -0.39 is 32.7 Å². The van der Waals surface area contributed by atoms with E-state index in [9.17, 15) is 17.6 Å². The average Bonchev–Trinajstić information content (AvgIpc) is 2.37. The van der Waals surface area contributed by atoms with Gasteiger partial charge in [0.05, 0.1) is 12.2 Å². The van der Waals surface area contributed by atoms with Gasteiger partial charge < -0.3 is 9.84 Å². The number of ether oxygens (including phenoxy) is 1. The number of carboxylic acids is 1. The van der Waals surface area contributed by atoms with E-state index >= 15 is 0 Å². The predicted molar refractivity (Wildman–Crippen MR) is 69.6 cm³/mol. The van der Waals surface area contributed by atoms with Crippen LogP contribution in [0.1, 0.15) is 17.3 Å². The molecular formula is C12H16FNO5S. The van der Waals surface area contributed by atoms with Crippen LogP contribution in [0.3, 0.4) is 0 Å². The molecule has 0 fully saturated rings. The maximum atomic E-state index is 13.8. The number of hydrogen-bond acceptors (Lipinski definition) is 4. The van der Waals surface area contributed by atoms with Crippen molar-refractivity contribution in [3.05, 3.63) is 29.6 Å². The second-order valence-corrected chi connectivity index (χ2v) is 6.24. The molecule has 1 aromatic rings. The fourth-order valence-corrected chi connectivity index (χ4v) is 2.97. The van der Waals surface area contributed by atoms with Gasteiger partial charge in [0.25, 0.3) is 0 Å². The first-order chi connectivity index (χ1) is 9.21. The molecule has 0 saturated carbocycles. The Bertz CT molecular complexity index is 602. The number of benzene rings is 1. The Morgan fingerprint density at radius 1 is 1.50 bits per heavy atom. The van der Waals surface area contributed by atoms with Gasteiger partial charge in [-0.1, -0.05) is 0 Å². The Morgan fingerprint density at radius 2 is 2.10 bits per heavy atom. The van der Waals surface area contributed by atoms with Crippen molar-refractivity contribution in [3.8, 4) is 0 Å². The molecule has 1 atom stereocenters. The van der Waals surface area contributed by atoms with E-state index in [4.69, 9.17) is 9.84 Å². The number of carbonyl (C=O) groups is 1. The monoisotopic (exact) mass is 305 g/mol. The molecule has 6 nitrogen and oxygen atoms in total. The van der Waals surface area contributed by atoms with Crippen molar-refractivity contribution in [2.24, 2.45) is 0 Å². The van der Waals surface area contributed by atoms with Crippen LogP contribution < -0.4 is 0 Å². The summed E-state index contributed by atoms with van der Waals surface area (Å²) in [6.07, 6.45) is 0. The van der Waals surface area contributed by atoms with Gasteiger partial charge in [-0.3, -0.25) is 0 Å². The molecule has 1 rings (SSSR count).